The summed E-state index contributed by atoms with van der Waals surface area (Å²) in [4.78, 5) is 9.66. The molecule has 0 spiro atoms. The fourth-order valence-electron chi connectivity index (χ4n) is 0. The van der Waals surface area contributed by atoms with E-state index in [4.69, 9.17) is 0 Å². The molecule has 0 aliphatic carbocycles. The van der Waals surface area contributed by atoms with Gasteiger partial charge in [0.15, 0.2) is 0 Å². The van der Waals surface area contributed by atoms with Crippen molar-refractivity contribution in [1.29, 1.82) is 0 Å². The molecular formula is C2H6ClMgO2P. The molecule has 0 saturated carbocycles. The van der Waals surface area contributed by atoms with Crippen LogP contribution >= 0.6 is 7.37 Å². The summed E-state index contributed by atoms with van der Waals surface area (Å²) >= 11 is 0. The molecule has 0 amide bonds. The van der Waals surface area contributed by atoms with Crippen molar-refractivity contribution in [3.8, 4) is 0 Å². The zero-order valence-electron chi connectivity index (χ0n) is 4.35. The average molecular weight is 153 g/mol. The molecule has 0 aromatic carbocycles. The van der Waals surface area contributed by atoms with Crippen molar-refractivity contribution in [3.05, 3.63) is 0 Å². The molecule has 2 nitrogen and oxygen atoms in total. The van der Waals surface area contributed by atoms with Gasteiger partial charge in [-0.25, -0.2) is 0 Å². The van der Waals surface area contributed by atoms with Gasteiger partial charge in [0.25, 0.3) is 0 Å². The Balaban J connectivity index is -0.0000000800. The molecule has 0 saturated heterocycles. The molecule has 0 N–H and O–H groups in total. The van der Waals surface area contributed by atoms with Crippen molar-refractivity contribution in [3.63, 3.8) is 0 Å². The van der Waals surface area contributed by atoms with E-state index in [2.05, 4.69) is 0 Å². The smallest absolute Gasteiger partial charge is 1.00 e. The van der Waals surface area contributed by atoms with E-state index >= 15 is 0 Å². The van der Waals surface area contributed by atoms with Crippen LogP contribution in [0.5, 0.6) is 0 Å². The molecular weight excluding hydrogens is 147 g/mol. The van der Waals surface area contributed by atoms with Crippen molar-refractivity contribution in [2.75, 3.05) is 13.3 Å². The summed E-state index contributed by atoms with van der Waals surface area (Å²) in [6.07, 6.45) is 0. The van der Waals surface area contributed by atoms with E-state index in [1.165, 1.54) is 13.3 Å². The Morgan fingerprint density at radius 1 is 1.43 bits per heavy atom. The van der Waals surface area contributed by atoms with Gasteiger partial charge in [0, 0.05) is 7.37 Å². The van der Waals surface area contributed by atoms with E-state index in [1.54, 1.807) is 0 Å². The number of hydrogen-bond donors (Lipinski definition) is 0. The summed E-state index contributed by atoms with van der Waals surface area (Å²) in [6.45, 7) is 2.38. The summed E-state index contributed by atoms with van der Waals surface area (Å²) < 4.78 is 9.66. The van der Waals surface area contributed by atoms with Gasteiger partial charge in [0.1, 0.15) is 0 Å². The minimum absolute atomic E-state index is 0. The van der Waals surface area contributed by atoms with Gasteiger partial charge in [-0.1, -0.05) is 0 Å². The monoisotopic (exact) mass is 152 g/mol. The Hall–Kier alpha value is 1.25. The van der Waals surface area contributed by atoms with Crippen LogP contribution in [0.4, 0.5) is 0 Å². The van der Waals surface area contributed by atoms with Gasteiger partial charge in [0.2, 0.25) is 0 Å². The van der Waals surface area contributed by atoms with Gasteiger partial charge in [-0.15, -0.1) is 0 Å². The van der Waals surface area contributed by atoms with Crippen LogP contribution in [0, 0.1) is 0 Å². The zero-order valence-corrected chi connectivity index (χ0v) is 7.41. The molecule has 0 fully saturated rings. The molecule has 0 aliphatic rings. The molecule has 0 aliphatic heterocycles. The first-order valence-electron chi connectivity index (χ1n) is 1.26. The Bertz CT molecular complexity index is 61.8. The van der Waals surface area contributed by atoms with E-state index in [0.717, 1.165) is 0 Å². The predicted octanol–water partition coefficient (Wildman–Crippen LogP) is -3.49. The number of rotatable bonds is 0. The van der Waals surface area contributed by atoms with Gasteiger partial charge >= 0.3 is 23.1 Å². The van der Waals surface area contributed by atoms with Crippen molar-refractivity contribution in [1.82, 2.24) is 0 Å². The van der Waals surface area contributed by atoms with Crippen LogP contribution in [0.1, 0.15) is 0 Å². The van der Waals surface area contributed by atoms with Crippen LogP contribution in [-0.4, -0.2) is 36.4 Å². The van der Waals surface area contributed by atoms with Crippen molar-refractivity contribution in [2.24, 2.45) is 0 Å². The fraction of sp³-hybridized carbons (Fsp3) is 1.00. The molecule has 0 unspecified atom stereocenters. The third-order valence-electron chi connectivity index (χ3n) is 0. The Kier molecular flexibility index (Phi) is 12.1. The van der Waals surface area contributed by atoms with Crippen LogP contribution < -0.4 is 17.3 Å². The SMILES string of the molecule is CP(C)(=O)[O-].[Cl-].[Mg+2]. The summed E-state index contributed by atoms with van der Waals surface area (Å²) in [6, 6.07) is 0. The van der Waals surface area contributed by atoms with Crippen LogP contribution in [0.3, 0.4) is 0 Å². The fourth-order valence-corrected chi connectivity index (χ4v) is 0. The Labute approximate surface area is 65.7 Å². The number of halogens is 1. The van der Waals surface area contributed by atoms with Gasteiger partial charge in [0.05, 0.1) is 0 Å². The van der Waals surface area contributed by atoms with Crippen LogP contribution in [0.15, 0.2) is 0 Å². The molecule has 0 bridgehead atoms. The van der Waals surface area contributed by atoms with E-state index in [0.29, 0.717) is 0 Å². The normalized spacial score (nSPS) is 8.43. The van der Waals surface area contributed by atoms with E-state index in [-0.39, 0.29) is 35.5 Å². The molecule has 5 heteroatoms. The Morgan fingerprint density at radius 2 is 1.43 bits per heavy atom. The second-order valence-electron chi connectivity index (χ2n) is 1.25. The topological polar surface area (TPSA) is 40.1 Å². The summed E-state index contributed by atoms with van der Waals surface area (Å²) in [7, 11) is -2.89. The third kappa shape index (κ3) is 128. The summed E-state index contributed by atoms with van der Waals surface area (Å²) in [5.74, 6) is 0. The predicted molar refractivity (Wildman–Crippen MR) is 25.2 cm³/mol. The first-order valence-corrected chi connectivity index (χ1v) is 3.78. The largest absolute Gasteiger partial charge is 2.00 e. The van der Waals surface area contributed by atoms with Gasteiger partial charge in [-0.3, -0.25) is 0 Å². The molecule has 40 valence electrons. The van der Waals surface area contributed by atoms with Crippen LogP contribution in [0.25, 0.3) is 0 Å². The maximum Gasteiger partial charge on any atom is 2.00 e. The standard InChI is InChI=1S/C2H7O2P.ClH.Mg/c1-5(2,3)4;;/h1-2H3,(H,3,4);1H;/q;;+2/p-2. The Morgan fingerprint density at radius 3 is 1.43 bits per heavy atom. The van der Waals surface area contributed by atoms with Crippen molar-refractivity contribution in [2.45, 2.75) is 0 Å². The second kappa shape index (κ2) is 5.38. The molecule has 0 atom stereocenters. The van der Waals surface area contributed by atoms with E-state index in [9.17, 15) is 9.46 Å². The van der Waals surface area contributed by atoms with Crippen molar-refractivity contribution < 1.29 is 21.9 Å². The van der Waals surface area contributed by atoms with Crippen LogP contribution in [-0.2, 0) is 4.57 Å². The maximum absolute atomic E-state index is 9.66. The summed E-state index contributed by atoms with van der Waals surface area (Å²) in [5.41, 5.74) is 0. The summed E-state index contributed by atoms with van der Waals surface area (Å²) in [5, 5.41) is 0. The molecule has 0 aromatic heterocycles. The molecule has 0 heterocycles. The van der Waals surface area contributed by atoms with Crippen molar-refractivity contribution >= 4 is 30.4 Å². The third-order valence-corrected chi connectivity index (χ3v) is 0. The van der Waals surface area contributed by atoms with Gasteiger partial charge in [-0.2, -0.15) is 0 Å². The zero-order chi connectivity index (χ0) is 4.50. The van der Waals surface area contributed by atoms with Gasteiger partial charge < -0.3 is 21.9 Å². The molecule has 0 aromatic rings. The first-order chi connectivity index (χ1) is 2.00. The average Bonchev–Trinajstić information content (AvgIpc) is 0.722. The molecule has 7 heavy (non-hydrogen) atoms. The first kappa shape index (κ1) is 15.7. The molecule has 0 radical (unpaired) electrons. The van der Waals surface area contributed by atoms with Gasteiger partial charge in [-0.05, 0) is 13.3 Å². The second-order valence-corrected chi connectivity index (χ2v) is 3.76. The van der Waals surface area contributed by atoms with E-state index in [1.807, 2.05) is 0 Å². The minimum atomic E-state index is -2.89. The van der Waals surface area contributed by atoms with E-state index < -0.39 is 7.37 Å². The van der Waals surface area contributed by atoms with Crippen LogP contribution in [0.2, 0.25) is 0 Å². The quantitative estimate of drug-likeness (QED) is 0.267. The molecule has 0 rings (SSSR count). The maximum atomic E-state index is 9.66. The number of hydrogen-bond acceptors (Lipinski definition) is 2. The minimum Gasteiger partial charge on any atom is -1.00 e.